The molecule has 0 fully saturated rings. The molecule has 2 aromatic heterocycles. The second kappa shape index (κ2) is 7.28. The number of nitrogens with one attached hydrogen (secondary N) is 2. The number of nitrogens with zero attached hydrogens (tertiary/aromatic N) is 3. The van der Waals surface area contributed by atoms with Crippen molar-refractivity contribution >= 4 is 22.3 Å². The molecule has 0 unspecified atom stereocenters. The van der Waals surface area contributed by atoms with Gasteiger partial charge in [0, 0.05) is 24.3 Å². The third-order valence-electron chi connectivity index (χ3n) is 3.46. The highest BCUT2D eigenvalue weighted by Gasteiger charge is 2.04. The van der Waals surface area contributed by atoms with E-state index in [9.17, 15) is 0 Å². The van der Waals surface area contributed by atoms with E-state index in [1.165, 1.54) is 11.1 Å². The molecule has 0 saturated heterocycles. The highest BCUT2D eigenvalue weighted by atomic mass is 32.1. The van der Waals surface area contributed by atoms with Gasteiger partial charge in [0.1, 0.15) is 0 Å². The van der Waals surface area contributed by atoms with Crippen LogP contribution in [0.15, 0.2) is 47.0 Å². The van der Waals surface area contributed by atoms with Gasteiger partial charge in [0.15, 0.2) is 10.9 Å². The van der Waals surface area contributed by atoms with Crippen molar-refractivity contribution < 1.29 is 0 Å². The first-order valence-corrected chi connectivity index (χ1v) is 8.61. The van der Waals surface area contributed by atoms with Crippen LogP contribution in [0.5, 0.6) is 0 Å². The Hall–Kier alpha value is -2.34. The Bertz CT molecular complexity index is 756. The summed E-state index contributed by atoms with van der Waals surface area (Å²) < 4.78 is 2.04. The van der Waals surface area contributed by atoms with Gasteiger partial charge in [-0.3, -0.25) is 4.40 Å². The van der Waals surface area contributed by atoms with Crippen molar-refractivity contribution in [1.82, 2.24) is 20.0 Å². The van der Waals surface area contributed by atoms with Gasteiger partial charge >= 0.3 is 0 Å². The highest BCUT2D eigenvalue weighted by Crippen LogP contribution is 2.11. The number of aliphatic imine (C=N–C) groups is 1. The Labute approximate surface area is 140 Å². The van der Waals surface area contributed by atoms with Crippen LogP contribution in [0, 0.1) is 6.92 Å². The van der Waals surface area contributed by atoms with Gasteiger partial charge < -0.3 is 10.6 Å². The molecule has 0 saturated carbocycles. The Kier molecular flexibility index (Phi) is 4.92. The molecule has 0 bridgehead atoms. The largest absolute Gasteiger partial charge is 0.357 e. The van der Waals surface area contributed by atoms with E-state index >= 15 is 0 Å². The summed E-state index contributed by atoms with van der Waals surface area (Å²) in [6, 6.07) is 8.46. The lowest BCUT2D eigenvalue weighted by atomic mass is 10.1. The molecule has 0 aliphatic rings. The number of guanidine groups is 1. The molecule has 0 aliphatic heterocycles. The quantitative estimate of drug-likeness (QED) is 0.559. The standard InChI is InChI=1S/C17H21N5S/c1-3-18-16(19-10-14-6-4-13(2)5-7-14)20-11-15-12-22-8-9-23-17(22)21-15/h4-9,12H,3,10-11H2,1-2H3,(H2,18,19,20). The Morgan fingerprint density at radius 1 is 1.26 bits per heavy atom. The second-order valence-electron chi connectivity index (χ2n) is 5.36. The summed E-state index contributed by atoms with van der Waals surface area (Å²) in [7, 11) is 0. The summed E-state index contributed by atoms with van der Waals surface area (Å²) >= 11 is 1.64. The zero-order valence-electron chi connectivity index (χ0n) is 13.4. The molecule has 0 atom stereocenters. The average Bonchev–Trinajstić information content (AvgIpc) is 3.13. The molecule has 120 valence electrons. The Morgan fingerprint density at radius 2 is 2.09 bits per heavy atom. The third kappa shape index (κ3) is 4.10. The van der Waals surface area contributed by atoms with E-state index in [1.54, 1.807) is 11.3 Å². The summed E-state index contributed by atoms with van der Waals surface area (Å²) in [6.07, 6.45) is 4.07. The lowest BCUT2D eigenvalue weighted by molar-refractivity contribution is 0.804. The molecule has 3 aromatic rings. The average molecular weight is 327 g/mol. The van der Waals surface area contributed by atoms with Gasteiger partial charge in [0.05, 0.1) is 18.8 Å². The number of rotatable bonds is 5. The number of benzene rings is 1. The summed E-state index contributed by atoms with van der Waals surface area (Å²) in [5.41, 5.74) is 3.48. The van der Waals surface area contributed by atoms with Crippen molar-refractivity contribution in [3.05, 3.63) is 58.9 Å². The number of fused-ring (bicyclic) bond motifs is 1. The normalized spacial score (nSPS) is 11.8. The van der Waals surface area contributed by atoms with Crippen LogP contribution in [-0.4, -0.2) is 21.9 Å². The van der Waals surface area contributed by atoms with Gasteiger partial charge in [0.25, 0.3) is 0 Å². The number of thiazole rings is 1. The van der Waals surface area contributed by atoms with Crippen molar-refractivity contribution in [3.8, 4) is 0 Å². The topological polar surface area (TPSA) is 53.7 Å². The van der Waals surface area contributed by atoms with E-state index in [2.05, 4.69) is 58.7 Å². The highest BCUT2D eigenvalue weighted by molar-refractivity contribution is 7.15. The van der Waals surface area contributed by atoms with Crippen molar-refractivity contribution in [2.45, 2.75) is 26.9 Å². The molecule has 0 aliphatic carbocycles. The van der Waals surface area contributed by atoms with Gasteiger partial charge in [-0.15, -0.1) is 11.3 Å². The first-order valence-electron chi connectivity index (χ1n) is 7.73. The maximum atomic E-state index is 4.63. The van der Waals surface area contributed by atoms with Crippen LogP contribution < -0.4 is 10.6 Å². The van der Waals surface area contributed by atoms with Crippen LogP contribution in [0.1, 0.15) is 23.7 Å². The summed E-state index contributed by atoms with van der Waals surface area (Å²) in [5, 5.41) is 8.64. The van der Waals surface area contributed by atoms with Crippen LogP contribution in [0.3, 0.4) is 0 Å². The fourth-order valence-electron chi connectivity index (χ4n) is 2.24. The minimum Gasteiger partial charge on any atom is -0.357 e. The SMILES string of the molecule is CCNC(=NCc1ccc(C)cc1)NCc1cn2ccsc2n1. The Balaban J connectivity index is 1.62. The predicted molar refractivity (Wildman–Crippen MR) is 95.9 cm³/mol. The molecule has 0 spiro atoms. The van der Waals surface area contributed by atoms with Crippen molar-refractivity contribution in [1.29, 1.82) is 0 Å². The predicted octanol–water partition coefficient (Wildman–Crippen LogP) is 2.96. The number of hydrogen-bond donors (Lipinski definition) is 2. The van der Waals surface area contributed by atoms with Gasteiger partial charge in [-0.25, -0.2) is 9.98 Å². The maximum absolute atomic E-state index is 4.63. The number of aromatic nitrogens is 2. The number of imidazole rings is 1. The minimum atomic E-state index is 0.661. The zero-order chi connectivity index (χ0) is 16.1. The first-order chi connectivity index (χ1) is 11.2. The van der Waals surface area contributed by atoms with Crippen LogP contribution in [-0.2, 0) is 13.1 Å². The Morgan fingerprint density at radius 3 is 2.83 bits per heavy atom. The van der Waals surface area contributed by atoms with Crippen LogP contribution in [0.2, 0.25) is 0 Å². The molecule has 2 heterocycles. The fraction of sp³-hybridized carbons (Fsp3) is 0.294. The van der Waals surface area contributed by atoms with Crippen LogP contribution >= 0.6 is 11.3 Å². The van der Waals surface area contributed by atoms with Crippen LogP contribution in [0.25, 0.3) is 4.96 Å². The van der Waals surface area contributed by atoms with E-state index in [1.807, 2.05) is 22.2 Å². The summed E-state index contributed by atoms with van der Waals surface area (Å²) in [5.74, 6) is 0.810. The molecule has 5 nitrogen and oxygen atoms in total. The van der Waals surface area contributed by atoms with Gasteiger partial charge in [-0.05, 0) is 19.4 Å². The molecule has 3 rings (SSSR count). The van der Waals surface area contributed by atoms with Gasteiger partial charge in [0.2, 0.25) is 0 Å². The van der Waals surface area contributed by atoms with Gasteiger partial charge in [-0.1, -0.05) is 29.8 Å². The summed E-state index contributed by atoms with van der Waals surface area (Å²) in [4.78, 5) is 10.2. The van der Waals surface area contributed by atoms with Crippen LogP contribution in [0.4, 0.5) is 0 Å². The van der Waals surface area contributed by atoms with E-state index in [4.69, 9.17) is 0 Å². The fourth-order valence-corrected chi connectivity index (χ4v) is 2.96. The maximum Gasteiger partial charge on any atom is 0.193 e. The van der Waals surface area contributed by atoms with Crippen molar-refractivity contribution in [2.24, 2.45) is 4.99 Å². The minimum absolute atomic E-state index is 0.661. The molecule has 6 heteroatoms. The second-order valence-corrected chi connectivity index (χ2v) is 6.23. The monoisotopic (exact) mass is 327 g/mol. The molecule has 0 radical (unpaired) electrons. The lowest BCUT2D eigenvalue weighted by Crippen LogP contribution is -2.36. The van der Waals surface area contributed by atoms with Gasteiger partial charge in [-0.2, -0.15) is 0 Å². The first kappa shape index (κ1) is 15.6. The summed E-state index contributed by atoms with van der Waals surface area (Å²) in [6.45, 7) is 6.31. The van der Waals surface area contributed by atoms with Crippen molar-refractivity contribution in [3.63, 3.8) is 0 Å². The van der Waals surface area contributed by atoms with Crippen molar-refractivity contribution in [2.75, 3.05) is 6.54 Å². The van der Waals surface area contributed by atoms with E-state index in [0.29, 0.717) is 13.1 Å². The molecule has 2 N–H and O–H groups in total. The van der Waals surface area contributed by atoms with E-state index in [0.717, 1.165) is 23.2 Å². The number of aryl methyl sites for hydroxylation is 1. The smallest absolute Gasteiger partial charge is 0.193 e. The molecular weight excluding hydrogens is 306 g/mol. The van der Waals surface area contributed by atoms with E-state index < -0.39 is 0 Å². The third-order valence-corrected chi connectivity index (χ3v) is 4.24. The molecule has 0 amide bonds. The lowest BCUT2D eigenvalue weighted by Gasteiger charge is -2.10. The number of hydrogen-bond acceptors (Lipinski definition) is 3. The molecular formula is C17H21N5S. The molecule has 1 aromatic carbocycles. The zero-order valence-corrected chi connectivity index (χ0v) is 14.2. The van der Waals surface area contributed by atoms with E-state index in [-0.39, 0.29) is 0 Å². The molecule has 23 heavy (non-hydrogen) atoms.